The van der Waals surface area contributed by atoms with E-state index in [4.69, 9.17) is 0 Å². The van der Waals surface area contributed by atoms with Gasteiger partial charge in [-0.2, -0.15) is 39.5 Å². The van der Waals surface area contributed by atoms with Gasteiger partial charge in [-0.1, -0.05) is 91.0 Å². The zero-order valence-electron chi connectivity index (χ0n) is 25.1. The lowest BCUT2D eigenvalue weighted by Crippen LogP contribution is -2.54. The predicted molar refractivity (Wildman–Crippen MR) is 156 cm³/mol. The molecule has 260 valence electrons. The summed E-state index contributed by atoms with van der Waals surface area (Å²) in [5.74, 6) is -6.95. The minimum absolute atomic E-state index is 0.134. The van der Waals surface area contributed by atoms with E-state index >= 15 is 0 Å². The van der Waals surface area contributed by atoms with Crippen molar-refractivity contribution in [2.24, 2.45) is 0 Å². The van der Waals surface area contributed by atoms with Crippen molar-refractivity contribution < 1.29 is 53.9 Å². The Morgan fingerprint density at radius 1 is 0.500 bits per heavy atom. The van der Waals surface area contributed by atoms with Gasteiger partial charge in [0.15, 0.2) is 0 Å². The molecule has 0 saturated carbocycles. The number of nitrogens with one attached hydrogen (secondary N) is 2. The molecule has 7 nitrogen and oxygen atoms in total. The third kappa shape index (κ3) is 9.71. The van der Waals surface area contributed by atoms with Gasteiger partial charge in [0.2, 0.25) is 0 Å². The number of nitrogens with zero attached hydrogens (tertiary/aromatic N) is 2. The van der Waals surface area contributed by atoms with Crippen molar-refractivity contribution in [3.63, 3.8) is 0 Å². The van der Waals surface area contributed by atoms with Gasteiger partial charge >= 0.3 is 36.3 Å². The maximum Gasteiger partial charge on any atom is 0.471 e. The van der Waals surface area contributed by atoms with Crippen molar-refractivity contribution in [1.29, 1.82) is 0 Å². The van der Waals surface area contributed by atoms with Gasteiger partial charge in [-0.25, -0.2) is 0 Å². The Bertz CT molecular complexity index is 1390. The average molecular weight is 691 g/mol. The van der Waals surface area contributed by atoms with E-state index in [2.05, 4.69) is 0 Å². The van der Waals surface area contributed by atoms with E-state index in [-0.39, 0.29) is 24.4 Å². The number of carbonyl (C=O) groups is 3. The molecule has 0 fully saturated rings. The van der Waals surface area contributed by atoms with Gasteiger partial charge < -0.3 is 15.5 Å². The Kier molecular flexibility index (Phi) is 12.6. The number of hydrogen-bond donors (Lipinski definition) is 2. The highest BCUT2D eigenvalue weighted by Gasteiger charge is 2.45. The number of rotatable bonds is 14. The molecular weight excluding hydrogens is 659 g/mol. The summed E-state index contributed by atoms with van der Waals surface area (Å²) >= 11 is 0. The maximum atomic E-state index is 13.6. The van der Waals surface area contributed by atoms with Crippen LogP contribution in [0.1, 0.15) is 23.1 Å². The summed E-state index contributed by atoms with van der Waals surface area (Å²) in [7, 11) is 0. The molecule has 0 radical (unpaired) electrons. The van der Waals surface area contributed by atoms with Crippen LogP contribution in [0, 0.1) is 0 Å². The molecule has 0 spiro atoms. The fourth-order valence-corrected chi connectivity index (χ4v) is 5.25. The van der Waals surface area contributed by atoms with Gasteiger partial charge in [0.05, 0.1) is 5.54 Å². The van der Waals surface area contributed by atoms with Crippen LogP contribution in [0.4, 0.5) is 39.5 Å². The van der Waals surface area contributed by atoms with Crippen LogP contribution in [0.2, 0.25) is 0 Å². The van der Waals surface area contributed by atoms with E-state index in [1.165, 1.54) is 5.32 Å². The topological polar surface area (TPSA) is 81.8 Å². The molecule has 0 aliphatic carbocycles. The number of amides is 3. The lowest BCUT2D eigenvalue weighted by molar-refractivity contribution is -0.186. The Balaban J connectivity index is 2.10. The molecule has 0 aliphatic rings. The third-order valence-corrected chi connectivity index (χ3v) is 7.29. The van der Waals surface area contributed by atoms with Gasteiger partial charge in [0.25, 0.3) is 0 Å². The summed E-state index contributed by atoms with van der Waals surface area (Å²) in [5.41, 5.74) is 0.434. The smallest absolute Gasteiger partial charge is 0.348 e. The van der Waals surface area contributed by atoms with E-state index in [9.17, 15) is 53.9 Å². The molecule has 0 aliphatic heterocycles. The number of carbonyl (C=O) groups excluding carboxylic acids is 3. The molecule has 0 bridgehead atoms. The molecule has 48 heavy (non-hydrogen) atoms. The fourth-order valence-electron chi connectivity index (χ4n) is 5.25. The minimum atomic E-state index is -5.42. The van der Waals surface area contributed by atoms with E-state index in [0.29, 0.717) is 16.7 Å². The minimum Gasteiger partial charge on any atom is -0.348 e. The normalized spacial score (nSPS) is 12.5. The standard InChI is InChI=1S/C32H31F9N4O3/c33-30(34,35)26(46)42-17-10-19-45(22-21-44(28(48)32(39,40)41)20-18-43-27(47)31(36,37)38)29(23-11-4-1-5-12-23,24-13-6-2-7-14-24)25-15-8-3-9-16-25/h1-9,11-16H,10,17-22H2,(H,42,46)(H,43,47). The lowest BCUT2D eigenvalue weighted by Gasteiger charge is -2.46. The number of alkyl halides is 9. The molecule has 3 rings (SSSR count). The zero-order chi connectivity index (χ0) is 35.6. The molecule has 0 aromatic heterocycles. The average Bonchev–Trinajstić information content (AvgIpc) is 3.04. The highest BCUT2D eigenvalue weighted by Crippen LogP contribution is 2.42. The van der Waals surface area contributed by atoms with Crippen molar-refractivity contribution in [1.82, 2.24) is 20.4 Å². The first kappa shape index (κ1) is 37.9. The van der Waals surface area contributed by atoms with E-state index in [1.807, 2.05) is 0 Å². The summed E-state index contributed by atoms with van der Waals surface area (Å²) in [6.45, 7) is -3.62. The molecule has 3 aromatic carbocycles. The van der Waals surface area contributed by atoms with Crippen LogP contribution in [0.25, 0.3) is 0 Å². The summed E-state index contributed by atoms with van der Waals surface area (Å²) in [6.07, 6.45) is -16.0. The van der Waals surface area contributed by atoms with Crippen LogP contribution in [0.15, 0.2) is 91.0 Å². The first-order valence-corrected chi connectivity index (χ1v) is 14.5. The van der Waals surface area contributed by atoms with Crippen LogP contribution in [-0.2, 0) is 19.9 Å². The Hall–Kier alpha value is -4.60. The van der Waals surface area contributed by atoms with Gasteiger partial charge in [-0.15, -0.1) is 0 Å². The summed E-state index contributed by atoms with van der Waals surface area (Å²) in [5, 5.41) is 3.21. The molecular formula is C32H31F9N4O3. The highest BCUT2D eigenvalue weighted by atomic mass is 19.4. The zero-order valence-corrected chi connectivity index (χ0v) is 25.1. The van der Waals surface area contributed by atoms with E-state index < -0.39 is 68.0 Å². The second-order valence-electron chi connectivity index (χ2n) is 10.4. The molecule has 0 heterocycles. The van der Waals surface area contributed by atoms with Crippen LogP contribution in [0.5, 0.6) is 0 Å². The summed E-state index contributed by atoms with van der Waals surface area (Å²) in [6, 6.07) is 25.9. The van der Waals surface area contributed by atoms with Gasteiger partial charge in [-0.3, -0.25) is 19.3 Å². The van der Waals surface area contributed by atoms with E-state index in [0.717, 1.165) is 0 Å². The molecule has 16 heteroatoms. The molecule has 3 aromatic rings. The molecule has 0 atom stereocenters. The van der Waals surface area contributed by atoms with Gasteiger partial charge in [-0.05, 0) is 23.1 Å². The molecule has 0 saturated heterocycles. The van der Waals surface area contributed by atoms with Crippen molar-refractivity contribution >= 4 is 17.7 Å². The van der Waals surface area contributed by atoms with Crippen LogP contribution in [-0.4, -0.2) is 85.3 Å². The lowest BCUT2D eigenvalue weighted by atomic mass is 9.75. The first-order chi connectivity index (χ1) is 22.5. The van der Waals surface area contributed by atoms with Crippen molar-refractivity contribution in [3.8, 4) is 0 Å². The van der Waals surface area contributed by atoms with Crippen LogP contribution >= 0.6 is 0 Å². The van der Waals surface area contributed by atoms with Crippen molar-refractivity contribution in [2.75, 3.05) is 39.3 Å². The number of benzene rings is 3. The second kappa shape index (κ2) is 16.0. The summed E-state index contributed by atoms with van der Waals surface area (Å²) < 4.78 is 118. The third-order valence-electron chi connectivity index (χ3n) is 7.29. The largest absolute Gasteiger partial charge is 0.471 e. The monoisotopic (exact) mass is 690 g/mol. The second-order valence-corrected chi connectivity index (χ2v) is 10.4. The SMILES string of the molecule is O=C(NCCCN(CCN(CCNC(=O)C(F)(F)F)C(=O)C(F)(F)F)C(c1ccccc1)(c1ccccc1)c1ccccc1)C(F)(F)F. The van der Waals surface area contributed by atoms with E-state index in [1.54, 1.807) is 101 Å². The van der Waals surface area contributed by atoms with Crippen LogP contribution < -0.4 is 10.6 Å². The first-order valence-electron chi connectivity index (χ1n) is 14.5. The highest BCUT2D eigenvalue weighted by molar-refractivity contribution is 5.83. The van der Waals surface area contributed by atoms with Crippen molar-refractivity contribution in [3.05, 3.63) is 108 Å². The van der Waals surface area contributed by atoms with Gasteiger partial charge in [0, 0.05) is 39.3 Å². The number of halogens is 9. The molecule has 3 amide bonds. The quantitative estimate of drug-likeness (QED) is 0.135. The molecule has 2 N–H and O–H groups in total. The number of hydrogen-bond acceptors (Lipinski definition) is 4. The molecule has 0 unspecified atom stereocenters. The predicted octanol–water partition coefficient (Wildman–Crippen LogP) is 5.42. The Morgan fingerprint density at radius 2 is 0.896 bits per heavy atom. The maximum absolute atomic E-state index is 13.6. The van der Waals surface area contributed by atoms with Crippen molar-refractivity contribution in [2.45, 2.75) is 30.5 Å². The summed E-state index contributed by atoms with van der Waals surface area (Å²) in [4.78, 5) is 37.1. The van der Waals surface area contributed by atoms with Gasteiger partial charge in [0.1, 0.15) is 0 Å². The Morgan fingerprint density at radius 3 is 1.27 bits per heavy atom. The van der Waals surface area contributed by atoms with Crippen LogP contribution in [0.3, 0.4) is 0 Å². The Labute approximate surface area is 269 Å². The fraction of sp³-hybridized carbons (Fsp3) is 0.344.